The Balaban J connectivity index is 0.000000291. The Kier molecular flexibility index (Phi) is 3.46. The van der Waals surface area contributed by atoms with Crippen molar-refractivity contribution in [3.63, 3.8) is 0 Å². The first-order valence-corrected chi connectivity index (χ1v) is 2.84. The first-order chi connectivity index (χ1) is 4.30. The monoisotopic (exact) mass is 122 g/mol. The molecule has 0 unspecified atom stereocenters. The molecule has 0 fully saturated rings. The van der Waals surface area contributed by atoms with Crippen LogP contribution in [-0.4, -0.2) is 5.78 Å². The first kappa shape index (κ1) is 7.97. The summed E-state index contributed by atoms with van der Waals surface area (Å²) in [6.07, 6.45) is 12.5. The van der Waals surface area contributed by atoms with Crippen LogP contribution in [-0.2, 0) is 4.79 Å². The zero-order valence-electron chi connectivity index (χ0n) is 5.50. The van der Waals surface area contributed by atoms with Crippen molar-refractivity contribution in [3.05, 3.63) is 12.2 Å². The van der Waals surface area contributed by atoms with Gasteiger partial charge in [0, 0.05) is 5.92 Å². The van der Waals surface area contributed by atoms with E-state index in [0.717, 1.165) is 6.42 Å². The summed E-state index contributed by atoms with van der Waals surface area (Å²) in [5.41, 5.74) is 0. The second kappa shape index (κ2) is 3.91. The topological polar surface area (TPSA) is 17.1 Å². The molecular weight excluding hydrogens is 112 g/mol. The summed E-state index contributed by atoms with van der Waals surface area (Å²) in [7, 11) is 0. The number of rotatable bonds is 0. The second-order valence-corrected chi connectivity index (χ2v) is 1.94. The number of allylic oxidation sites excluding steroid dienone is 2. The maximum absolute atomic E-state index is 10.5. The van der Waals surface area contributed by atoms with Gasteiger partial charge in [-0.15, -0.1) is 12.8 Å². The van der Waals surface area contributed by atoms with Crippen LogP contribution in [0.1, 0.15) is 13.3 Å². The van der Waals surface area contributed by atoms with Gasteiger partial charge < -0.3 is 0 Å². The van der Waals surface area contributed by atoms with Gasteiger partial charge >= 0.3 is 0 Å². The van der Waals surface area contributed by atoms with Gasteiger partial charge in [0.15, 0.2) is 5.78 Å². The lowest BCUT2D eigenvalue weighted by atomic mass is 10.1. The van der Waals surface area contributed by atoms with Crippen molar-refractivity contribution in [2.45, 2.75) is 13.3 Å². The molecule has 9 heavy (non-hydrogen) atoms. The molecule has 1 heteroatoms. The van der Waals surface area contributed by atoms with E-state index in [4.69, 9.17) is 0 Å². The molecule has 0 aliphatic heterocycles. The van der Waals surface area contributed by atoms with Crippen molar-refractivity contribution in [3.8, 4) is 12.8 Å². The molecule has 1 nitrogen and oxygen atoms in total. The summed E-state index contributed by atoms with van der Waals surface area (Å²) in [5.74, 6) is 0.542. The zero-order chi connectivity index (χ0) is 7.28. The van der Waals surface area contributed by atoms with Gasteiger partial charge in [-0.2, -0.15) is 0 Å². The Hall–Kier alpha value is -1.03. The fourth-order valence-corrected chi connectivity index (χ4v) is 0.669. The standard InChI is InChI=1S/C6H8O.C2H2/c1-5-3-2-4-6(5)7;1-2/h2,4-5H,3H2,1H3;1-2H/t5-;/m1./s1. The first-order valence-electron chi connectivity index (χ1n) is 2.84. The minimum absolute atomic E-state index is 0.264. The quantitative estimate of drug-likeness (QED) is 0.444. The van der Waals surface area contributed by atoms with Crippen LogP contribution in [0.5, 0.6) is 0 Å². The minimum Gasteiger partial charge on any atom is -0.295 e. The van der Waals surface area contributed by atoms with E-state index in [9.17, 15) is 4.79 Å². The van der Waals surface area contributed by atoms with Gasteiger partial charge in [-0.25, -0.2) is 0 Å². The van der Waals surface area contributed by atoms with E-state index >= 15 is 0 Å². The predicted molar refractivity (Wildman–Crippen MR) is 37.8 cm³/mol. The van der Waals surface area contributed by atoms with E-state index in [2.05, 4.69) is 12.8 Å². The third kappa shape index (κ3) is 2.14. The van der Waals surface area contributed by atoms with Crippen molar-refractivity contribution in [1.29, 1.82) is 0 Å². The Morgan fingerprint density at radius 2 is 2.22 bits per heavy atom. The SMILES string of the molecule is C#C.C[C@@H]1CC=CC1=O. The van der Waals surface area contributed by atoms with Crippen LogP contribution in [0, 0.1) is 18.8 Å². The average Bonchev–Trinajstić information content (AvgIpc) is 2.23. The molecule has 0 aromatic carbocycles. The van der Waals surface area contributed by atoms with Gasteiger partial charge in [0.1, 0.15) is 0 Å². The molecule has 1 aliphatic carbocycles. The van der Waals surface area contributed by atoms with Crippen molar-refractivity contribution >= 4 is 5.78 Å². The fraction of sp³-hybridized carbons (Fsp3) is 0.375. The number of hydrogen-bond acceptors (Lipinski definition) is 1. The van der Waals surface area contributed by atoms with Crippen molar-refractivity contribution < 1.29 is 4.79 Å². The summed E-state index contributed by atoms with van der Waals surface area (Å²) in [5, 5.41) is 0. The highest BCUT2D eigenvalue weighted by atomic mass is 16.1. The van der Waals surface area contributed by atoms with Crippen LogP contribution in [0.4, 0.5) is 0 Å². The molecule has 0 aromatic rings. The number of hydrogen-bond donors (Lipinski definition) is 0. The van der Waals surface area contributed by atoms with Crippen molar-refractivity contribution in [2.75, 3.05) is 0 Å². The molecule has 0 heterocycles. The predicted octanol–water partition coefficient (Wildman–Crippen LogP) is 1.40. The van der Waals surface area contributed by atoms with Crippen LogP contribution >= 0.6 is 0 Å². The van der Waals surface area contributed by atoms with Gasteiger partial charge in [-0.1, -0.05) is 13.0 Å². The fourth-order valence-electron chi connectivity index (χ4n) is 0.669. The van der Waals surface area contributed by atoms with Gasteiger partial charge in [-0.05, 0) is 12.5 Å². The smallest absolute Gasteiger partial charge is 0.158 e. The van der Waals surface area contributed by atoms with E-state index in [1.54, 1.807) is 6.08 Å². The second-order valence-electron chi connectivity index (χ2n) is 1.94. The zero-order valence-corrected chi connectivity index (χ0v) is 5.50. The maximum atomic E-state index is 10.5. The molecule has 0 bridgehead atoms. The van der Waals surface area contributed by atoms with E-state index in [-0.39, 0.29) is 11.7 Å². The van der Waals surface area contributed by atoms with Gasteiger partial charge in [0.05, 0.1) is 0 Å². The summed E-state index contributed by atoms with van der Waals surface area (Å²) in [4.78, 5) is 10.5. The van der Waals surface area contributed by atoms with E-state index < -0.39 is 0 Å². The highest BCUT2D eigenvalue weighted by Crippen LogP contribution is 2.11. The number of carbonyl (C=O) groups excluding carboxylic acids is 1. The molecule has 0 saturated heterocycles. The van der Waals surface area contributed by atoms with Crippen LogP contribution in [0.2, 0.25) is 0 Å². The third-order valence-electron chi connectivity index (χ3n) is 1.26. The normalized spacial score (nSPS) is 23.0. The van der Waals surface area contributed by atoms with Gasteiger partial charge in [-0.3, -0.25) is 4.79 Å². The molecule has 48 valence electrons. The lowest BCUT2D eigenvalue weighted by Crippen LogP contribution is -1.98. The van der Waals surface area contributed by atoms with Gasteiger partial charge in [0.25, 0.3) is 0 Å². The summed E-state index contributed by atoms with van der Waals surface area (Å²) in [6.45, 7) is 1.95. The molecule has 1 rings (SSSR count). The van der Waals surface area contributed by atoms with Crippen LogP contribution in [0.3, 0.4) is 0 Å². The van der Waals surface area contributed by atoms with Gasteiger partial charge in [0.2, 0.25) is 0 Å². The number of carbonyl (C=O) groups is 1. The van der Waals surface area contributed by atoms with Crippen molar-refractivity contribution in [1.82, 2.24) is 0 Å². The molecule has 0 saturated carbocycles. The van der Waals surface area contributed by atoms with Crippen LogP contribution in [0.15, 0.2) is 12.2 Å². The summed E-state index contributed by atoms with van der Waals surface area (Å²) in [6, 6.07) is 0. The maximum Gasteiger partial charge on any atom is 0.158 e. The summed E-state index contributed by atoms with van der Waals surface area (Å²) >= 11 is 0. The molecule has 0 N–H and O–H groups in total. The highest BCUT2D eigenvalue weighted by molar-refractivity contribution is 5.93. The Labute approximate surface area is 55.8 Å². The highest BCUT2D eigenvalue weighted by Gasteiger charge is 2.11. The molecular formula is C8H10O. The number of ketones is 1. The van der Waals surface area contributed by atoms with Crippen LogP contribution in [0.25, 0.3) is 0 Å². The minimum atomic E-state index is 0.264. The molecule has 0 aromatic heterocycles. The molecule has 1 atom stereocenters. The average molecular weight is 122 g/mol. The molecule has 1 aliphatic rings. The molecule has 0 radical (unpaired) electrons. The Morgan fingerprint density at radius 3 is 2.33 bits per heavy atom. The molecule has 0 amide bonds. The number of terminal acetylenes is 1. The lowest BCUT2D eigenvalue weighted by Gasteiger charge is -1.91. The molecule has 0 spiro atoms. The third-order valence-corrected chi connectivity index (χ3v) is 1.26. The Morgan fingerprint density at radius 1 is 1.67 bits per heavy atom. The van der Waals surface area contributed by atoms with E-state index in [0.29, 0.717) is 0 Å². The largest absolute Gasteiger partial charge is 0.295 e. The lowest BCUT2D eigenvalue weighted by molar-refractivity contribution is -0.116. The van der Waals surface area contributed by atoms with E-state index in [1.165, 1.54) is 0 Å². The Bertz CT molecular complexity index is 142. The summed E-state index contributed by atoms with van der Waals surface area (Å²) < 4.78 is 0. The van der Waals surface area contributed by atoms with E-state index in [1.807, 2.05) is 13.0 Å². The van der Waals surface area contributed by atoms with Crippen molar-refractivity contribution in [2.24, 2.45) is 5.92 Å². The van der Waals surface area contributed by atoms with Crippen LogP contribution < -0.4 is 0 Å².